The minimum Gasteiger partial charge on any atom is -0.0616 e. The summed E-state index contributed by atoms with van der Waals surface area (Å²) < 4.78 is 0. The van der Waals surface area contributed by atoms with E-state index in [1.165, 1.54) is 66.1 Å². The predicted molar refractivity (Wildman–Crippen MR) is 151 cm³/mol. The van der Waals surface area contributed by atoms with Crippen LogP contribution in [0.4, 0.5) is 0 Å². The summed E-state index contributed by atoms with van der Waals surface area (Å²) in [4.78, 5) is 0. The van der Waals surface area contributed by atoms with Gasteiger partial charge in [0.05, 0.1) is 0 Å². The Labute approximate surface area is 202 Å². The first-order valence-electron chi connectivity index (χ1n) is 12.0. The highest BCUT2D eigenvalue weighted by molar-refractivity contribution is 6.14. The largest absolute Gasteiger partial charge is 0.0616 e. The fourth-order valence-corrected chi connectivity index (χ4v) is 4.78. The van der Waals surface area contributed by atoms with Crippen molar-refractivity contribution in [1.82, 2.24) is 0 Å². The normalized spacial score (nSPS) is 11.9. The van der Waals surface area contributed by atoms with E-state index in [1.54, 1.807) is 0 Å². The maximum atomic E-state index is 2.30. The van der Waals surface area contributed by atoms with Crippen molar-refractivity contribution in [3.8, 4) is 0 Å². The molecule has 0 aliphatic rings. The van der Waals surface area contributed by atoms with Crippen LogP contribution in [0.2, 0.25) is 0 Å². The Bertz CT molecular complexity index is 1400. The standard InChI is InChI=1S/C34H30/c1-23-13-15-25(3)27(21-23)17-19-33-29-9-5-7-11-31(29)34(32-12-8-6-10-30(32)33)20-18-28-22-24(2)14-16-26(28)4/h5-22H,1-4H3. The van der Waals surface area contributed by atoms with Crippen molar-refractivity contribution in [2.24, 2.45) is 0 Å². The molecule has 0 bridgehead atoms. The van der Waals surface area contributed by atoms with Crippen molar-refractivity contribution < 1.29 is 0 Å². The molecule has 0 radical (unpaired) electrons. The lowest BCUT2D eigenvalue weighted by Gasteiger charge is -2.13. The monoisotopic (exact) mass is 438 g/mol. The summed E-state index contributed by atoms with van der Waals surface area (Å²) in [7, 11) is 0. The number of rotatable bonds is 4. The van der Waals surface area contributed by atoms with Crippen molar-refractivity contribution in [3.05, 3.63) is 129 Å². The van der Waals surface area contributed by atoms with Gasteiger partial charge in [0.25, 0.3) is 0 Å². The molecule has 0 heterocycles. The van der Waals surface area contributed by atoms with Gasteiger partial charge in [-0.1, -0.05) is 120 Å². The van der Waals surface area contributed by atoms with E-state index in [1.807, 2.05) is 0 Å². The molecule has 0 aliphatic carbocycles. The Morgan fingerprint density at radius 3 is 1.12 bits per heavy atom. The second-order valence-corrected chi connectivity index (χ2v) is 9.31. The molecule has 0 fully saturated rings. The van der Waals surface area contributed by atoms with E-state index in [4.69, 9.17) is 0 Å². The molecule has 0 N–H and O–H groups in total. The average Bonchev–Trinajstić information content (AvgIpc) is 2.85. The molecule has 0 nitrogen and oxygen atoms in total. The molecule has 0 heteroatoms. The van der Waals surface area contributed by atoms with Crippen molar-refractivity contribution in [3.63, 3.8) is 0 Å². The second-order valence-electron chi connectivity index (χ2n) is 9.31. The zero-order valence-electron chi connectivity index (χ0n) is 20.4. The van der Waals surface area contributed by atoms with Gasteiger partial charge in [0, 0.05) is 0 Å². The first-order chi connectivity index (χ1) is 16.5. The van der Waals surface area contributed by atoms with Crippen LogP contribution in [0.5, 0.6) is 0 Å². The van der Waals surface area contributed by atoms with Crippen LogP contribution in [0.1, 0.15) is 44.5 Å². The Kier molecular flexibility index (Phi) is 5.90. The van der Waals surface area contributed by atoms with Crippen molar-refractivity contribution >= 4 is 45.8 Å². The number of fused-ring (bicyclic) bond motifs is 2. The lowest BCUT2D eigenvalue weighted by atomic mass is 9.90. The minimum absolute atomic E-state index is 1.27. The molecule has 0 saturated carbocycles. The molecule has 5 aromatic carbocycles. The summed E-state index contributed by atoms with van der Waals surface area (Å²) >= 11 is 0. The van der Waals surface area contributed by atoms with Crippen LogP contribution in [0.15, 0.2) is 84.9 Å². The second kappa shape index (κ2) is 9.15. The third-order valence-electron chi connectivity index (χ3n) is 6.74. The van der Waals surface area contributed by atoms with Crippen molar-refractivity contribution in [1.29, 1.82) is 0 Å². The van der Waals surface area contributed by atoms with E-state index in [0.29, 0.717) is 0 Å². The topological polar surface area (TPSA) is 0 Å². The Morgan fingerprint density at radius 2 is 0.765 bits per heavy atom. The molecule has 5 aromatic rings. The Morgan fingerprint density at radius 1 is 0.412 bits per heavy atom. The average molecular weight is 439 g/mol. The van der Waals surface area contributed by atoms with Gasteiger partial charge in [0.1, 0.15) is 0 Å². The van der Waals surface area contributed by atoms with Gasteiger partial charge >= 0.3 is 0 Å². The van der Waals surface area contributed by atoms with Gasteiger partial charge in [-0.15, -0.1) is 0 Å². The maximum Gasteiger partial charge on any atom is -0.00987 e. The van der Waals surface area contributed by atoms with Gasteiger partial charge in [-0.25, -0.2) is 0 Å². The molecular weight excluding hydrogens is 408 g/mol. The van der Waals surface area contributed by atoms with E-state index in [9.17, 15) is 0 Å². The van der Waals surface area contributed by atoms with Crippen molar-refractivity contribution in [2.45, 2.75) is 27.7 Å². The van der Waals surface area contributed by atoms with Gasteiger partial charge in [0.2, 0.25) is 0 Å². The summed E-state index contributed by atoms with van der Waals surface area (Å²) in [6, 6.07) is 30.8. The summed E-state index contributed by atoms with van der Waals surface area (Å²) in [6.45, 7) is 8.66. The summed E-state index contributed by atoms with van der Waals surface area (Å²) in [5, 5.41) is 5.12. The Balaban J connectivity index is 1.73. The van der Waals surface area contributed by atoms with Crippen LogP contribution in [0, 0.1) is 27.7 Å². The van der Waals surface area contributed by atoms with E-state index in [0.717, 1.165) is 0 Å². The molecule has 34 heavy (non-hydrogen) atoms. The molecule has 5 rings (SSSR count). The van der Waals surface area contributed by atoms with Gasteiger partial charge in [-0.2, -0.15) is 0 Å². The Hall–Kier alpha value is -3.90. The highest BCUT2D eigenvalue weighted by Crippen LogP contribution is 2.35. The van der Waals surface area contributed by atoms with Crippen LogP contribution < -0.4 is 0 Å². The predicted octanol–water partition coefficient (Wildman–Crippen LogP) is 9.57. The fourth-order valence-electron chi connectivity index (χ4n) is 4.78. The van der Waals surface area contributed by atoms with Crippen LogP contribution in [0.25, 0.3) is 45.8 Å². The zero-order chi connectivity index (χ0) is 23.7. The first-order valence-corrected chi connectivity index (χ1v) is 12.0. The molecule has 0 amide bonds. The molecule has 0 aromatic heterocycles. The summed E-state index contributed by atoms with van der Waals surface area (Å²) in [5.41, 5.74) is 10.2. The lowest BCUT2D eigenvalue weighted by molar-refractivity contribution is 1.38. The van der Waals surface area contributed by atoms with E-state index >= 15 is 0 Å². The number of hydrogen-bond acceptors (Lipinski definition) is 0. The number of hydrogen-bond donors (Lipinski definition) is 0. The molecule has 166 valence electrons. The summed E-state index contributed by atoms with van der Waals surface area (Å²) in [6.07, 6.45) is 9.12. The molecular formula is C34H30. The van der Waals surface area contributed by atoms with Gasteiger partial charge in [0.15, 0.2) is 0 Å². The van der Waals surface area contributed by atoms with Gasteiger partial charge in [-0.05, 0) is 82.6 Å². The van der Waals surface area contributed by atoms with Crippen LogP contribution in [0.3, 0.4) is 0 Å². The third-order valence-corrected chi connectivity index (χ3v) is 6.74. The number of benzene rings is 5. The smallest absolute Gasteiger partial charge is 0.00987 e. The summed E-state index contributed by atoms with van der Waals surface area (Å²) in [5.74, 6) is 0. The minimum atomic E-state index is 1.27. The van der Waals surface area contributed by atoms with Gasteiger partial charge < -0.3 is 0 Å². The quantitative estimate of drug-likeness (QED) is 0.193. The molecule has 0 saturated heterocycles. The molecule has 0 unspecified atom stereocenters. The highest BCUT2D eigenvalue weighted by atomic mass is 14.1. The van der Waals surface area contributed by atoms with E-state index < -0.39 is 0 Å². The SMILES string of the molecule is Cc1ccc(C)c(C=Cc2c3ccccc3c(C=Cc3cc(C)ccc3C)c3ccccc23)c1. The van der Waals surface area contributed by atoms with Crippen LogP contribution in [-0.4, -0.2) is 0 Å². The van der Waals surface area contributed by atoms with Crippen molar-refractivity contribution in [2.75, 3.05) is 0 Å². The van der Waals surface area contributed by atoms with E-state index in [2.05, 4.69) is 137 Å². The maximum absolute atomic E-state index is 2.30. The zero-order valence-corrected chi connectivity index (χ0v) is 20.4. The van der Waals surface area contributed by atoms with E-state index in [-0.39, 0.29) is 0 Å². The third kappa shape index (κ3) is 4.20. The molecule has 0 spiro atoms. The molecule has 0 aliphatic heterocycles. The highest BCUT2D eigenvalue weighted by Gasteiger charge is 2.11. The van der Waals surface area contributed by atoms with Crippen LogP contribution in [-0.2, 0) is 0 Å². The lowest BCUT2D eigenvalue weighted by Crippen LogP contribution is -1.89. The van der Waals surface area contributed by atoms with Crippen LogP contribution >= 0.6 is 0 Å². The molecule has 0 atom stereocenters. The first kappa shape index (κ1) is 21.9. The number of aryl methyl sites for hydroxylation is 4. The fraction of sp³-hybridized carbons (Fsp3) is 0.118. The van der Waals surface area contributed by atoms with Gasteiger partial charge in [-0.3, -0.25) is 0 Å².